The monoisotopic (exact) mass is 508 g/mol. The van der Waals surface area contributed by atoms with Crippen molar-refractivity contribution in [2.24, 2.45) is 0 Å². The minimum Gasteiger partial charge on any atom is -0.140 e. The number of unbranched alkanes of at least 4 members (excludes halogenated alkanes) is 6. The van der Waals surface area contributed by atoms with Crippen LogP contribution in [0.25, 0.3) is 52.5 Å². The van der Waals surface area contributed by atoms with Crippen molar-refractivity contribution in [3.05, 3.63) is 70.4 Å². The molecule has 6 rings (SSSR count). The van der Waals surface area contributed by atoms with E-state index in [-0.39, 0.29) is 0 Å². The molecule has 36 heavy (non-hydrogen) atoms. The summed E-state index contributed by atoms with van der Waals surface area (Å²) in [6, 6.07) is 24.1. The average molecular weight is 509 g/mol. The molecule has 0 N–H and O–H groups in total. The van der Waals surface area contributed by atoms with Crippen LogP contribution in [0.5, 0.6) is 0 Å². The average Bonchev–Trinajstić information content (AvgIpc) is 3.46. The second-order valence-corrected chi connectivity index (χ2v) is 12.9. The number of hydrogen-bond donors (Lipinski definition) is 0. The SMILES string of the molecule is CCCCCCc1cc2cc3cc4cc5cc6sc(CCCCCC)cc6cc5cc4cc3cc2s1. The molecule has 0 saturated heterocycles. The van der Waals surface area contributed by atoms with Crippen LogP contribution in [0.4, 0.5) is 0 Å². The second-order valence-electron chi connectivity index (χ2n) is 10.6. The van der Waals surface area contributed by atoms with Crippen molar-refractivity contribution in [2.75, 3.05) is 0 Å². The molecule has 184 valence electrons. The van der Waals surface area contributed by atoms with Gasteiger partial charge in [0.25, 0.3) is 0 Å². The van der Waals surface area contributed by atoms with Gasteiger partial charge in [0, 0.05) is 19.2 Å². The van der Waals surface area contributed by atoms with Gasteiger partial charge in [0.05, 0.1) is 0 Å². The maximum atomic E-state index is 2.43. The van der Waals surface area contributed by atoms with Crippen molar-refractivity contribution >= 4 is 75.2 Å². The van der Waals surface area contributed by atoms with E-state index in [1.807, 2.05) is 22.7 Å². The largest absolute Gasteiger partial charge is 0.140 e. The predicted octanol–water partition coefficient (Wildman–Crippen LogP) is 11.8. The molecule has 0 atom stereocenters. The van der Waals surface area contributed by atoms with Crippen LogP contribution < -0.4 is 0 Å². The molecule has 2 heteroatoms. The molecule has 2 heterocycles. The molecule has 0 unspecified atom stereocenters. The van der Waals surface area contributed by atoms with Gasteiger partial charge in [-0.2, -0.15) is 0 Å². The zero-order chi connectivity index (χ0) is 24.5. The van der Waals surface area contributed by atoms with Crippen LogP contribution >= 0.6 is 22.7 Å². The van der Waals surface area contributed by atoms with Gasteiger partial charge in [-0.25, -0.2) is 0 Å². The molecule has 0 radical (unpaired) electrons. The van der Waals surface area contributed by atoms with E-state index in [0.29, 0.717) is 0 Å². The second kappa shape index (κ2) is 10.5. The van der Waals surface area contributed by atoms with Crippen LogP contribution in [0.1, 0.15) is 75.0 Å². The van der Waals surface area contributed by atoms with E-state index in [0.717, 1.165) is 0 Å². The maximum Gasteiger partial charge on any atom is 0.0352 e. The summed E-state index contributed by atoms with van der Waals surface area (Å²) in [5.41, 5.74) is 0. The van der Waals surface area contributed by atoms with Crippen LogP contribution in [-0.4, -0.2) is 0 Å². The first-order valence-corrected chi connectivity index (χ1v) is 15.6. The van der Waals surface area contributed by atoms with Gasteiger partial charge in [0.2, 0.25) is 0 Å². The third-order valence-electron chi connectivity index (χ3n) is 7.68. The van der Waals surface area contributed by atoms with Gasteiger partial charge < -0.3 is 0 Å². The molecule has 0 aliphatic carbocycles. The van der Waals surface area contributed by atoms with Crippen LogP contribution in [0.2, 0.25) is 0 Å². The molecule has 0 spiro atoms. The van der Waals surface area contributed by atoms with Crippen LogP contribution in [-0.2, 0) is 12.8 Å². The van der Waals surface area contributed by atoms with Crippen LogP contribution in [0.3, 0.4) is 0 Å². The van der Waals surface area contributed by atoms with E-state index in [9.17, 15) is 0 Å². The lowest BCUT2D eigenvalue weighted by molar-refractivity contribution is 0.670. The minimum atomic E-state index is 1.22. The Labute approximate surface area is 222 Å². The van der Waals surface area contributed by atoms with E-state index < -0.39 is 0 Å². The van der Waals surface area contributed by atoms with E-state index in [1.165, 1.54) is 126 Å². The zero-order valence-corrected chi connectivity index (χ0v) is 23.3. The summed E-state index contributed by atoms with van der Waals surface area (Å²) in [6.07, 6.45) is 13.1. The smallest absolute Gasteiger partial charge is 0.0352 e. The summed E-state index contributed by atoms with van der Waals surface area (Å²) < 4.78 is 2.86. The Morgan fingerprint density at radius 1 is 0.389 bits per heavy atom. The van der Waals surface area contributed by atoms with Crippen molar-refractivity contribution in [1.82, 2.24) is 0 Å². The Morgan fingerprint density at radius 3 is 1.14 bits per heavy atom. The molecule has 6 aromatic rings. The molecule has 0 nitrogen and oxygen atoms in total. The summed E-state index contributed by atoms with van der Waals surface area (Å²) in [5.74, 6) is 0. The van der Waals surface area contributed by atoms with E-state index in [1.54, 1.807) is 0 Å². The first-order valence-electron chi connectivity index (χ1n) is 14.0. The van der Waals surface area contributed by atoms with Gasteiger partial charge in [-0.3, -0.25) is 0 Å². The highest BCUT2D eigenvalue weighted by molar-refractivity contribution is 7.19. The van der Waals surface area contributed by atoms with E-state index in [4.69, 9.17) is 0 Å². The fourth-order valence-corrected chi connectivity index (χ4v) is 7.91. The lowest BCUT2D eigenvalue weighted by Crippen LogP contribution is -1.80. The molecule has 0 amide bonds. The number of thiophene rings is 2. The molecule has 0 bridgehead atoms. The first kappa shape index (κ1) is 23.9. The fraction of sp³-hybridized carbons (Fsp3) is 0.353. The number of benzene rings is 4. The van der Waals surface area contributed by atoms with E-state index >= 15 is 0 Å². The zero-order valence-electron chi connectivity index (χ0n) is 21.7. The summed E-state index contributed by atoms with van der Waals surface area (Å²) in [4.78, 5) is 3.08. The Morgan fingerprint density at radius 2 is 0.750 bits per heavy atom. The Hall–Kier alpha value is -2.42. The van der Waals surface area contributed by atoms with Crippen molar-refractivity contribution in [1.29, 1.82) is 0 Å². The summed E-state index contributed by atoms with van der Waals surface area (Å²) in [7, 11) is 0. The molecular weight excluding hydrogens is 473 g/mol. The maximum absolute atomic E-state index is 2.43. The predicted molar refractivity (Wildman–Crippen MR) is 165 cm³/mol. The van der Waals surface area contributed by atoms with Gasteiger partial charge in [-0.1, -0.05) is 52.4 Å². The molecule has 0 saturated carbocycles. The Kier molecular flexibility index (Phi) is 7.00. The van der Waals surface area contributed by atoms with Crippen LogP contribution in [0.15, 0.2) is 60.7 Å². The van der Waals surface area contributed by atoms with Gasteiger partial charge in [-0.15, -0.1) is 22.7 Å². The van der Waals surface area contributed by atoms with Crippen molar-refractivity contribution < 1.29 is 0 Å². The number of fused-ring (bicyclic) bond motifs is 5. The van der Waals surface area contributed by atoms with E-state index in [2.05, 4.69) is 74.5 Å². The summed E-state index contributed by atoms with van der Waals surface area (Å²) >= 11 is 3.98. The standard InChI is InChI=1S/C34H36S2/c1-3-5-7-9-11-31-19-29-17-25-13-23-16-28-22-34-30(20-32(36-34)12-10-8-6-4-2)18-26(28)14-24(23)15-27(25)21-33(29)35-31/h13-22H,3-12H2,1-2H3. The highest BCUT2D eigenvalue weighted by Gasteiger charge is 2.09. The van der Waals surface area contributed by atoms with Crippen LogP contribution in [0, 0.1) is 0 Å². The quantitative estimate of drug-likeness (QED) is 0.127. The summed E-state index contributed by atoms with van der Waals surface area (Å²) in [5, 5.41) is 10.9. The van der Waals surface area contributed by atoms with Gasteiger partial charge in [0.1, 0.15) is 0 Å². The molecule has 0 fully saturated rings. The van der Waals surface area contributed by atoms with Gasteiger partial charge >= 0.3 is 0 Å². The molecule has 0 aliphatic rings. The van der Waals surface area contributed by atoms with Crippen molar-refractivity contribution in [3.8, 4) is 0 Å². The fourth-order valence-electron chi connectivity index (χ4n) is 5.64. The molecule has 2 aromatic heterocycles. The minimum absolute atomic E-state index is 1.22. The molecule has 4 aromatic carbocycles. The van der Waals surface area contributed by atoms with Crippen molar-refractivity contribution in [3.63, 3.8) is 0 Å². The lowest BCUT2D eigenvalue weighted by atomic mass is 9.98. The van der Waals surface area contributed by atoms with Crippen molar-refractivity contribution in [2.45, 2.75) is 78.1 Å². The molecular formula is C34H36S2. The summed E-state index contributed by atoms with van der Waals surface area (Å²) in [6.45, 7) is 4.57. The normalized spacial score (nSPS) is 12.2. The third-order valence-corrected chi connectivity index (χ3v) is 9.99. The van der Waals surface area contributed by atoms with Gasteiger partial charge in [-0.05, 0) is 129 Å². The first-order chi connectivity index (χ1) is 17.7. The molecule has 0 aliphatic heterocycles. The number of hydrogen-bond acceptors (Lipinski definition) is 2. The van der Waals surface area contributed by atoms with Gasteiger partial charge in [0.15, 0.2) is 0 Å². The third kappa shape index (κ3) is 4.91. The lowest BCUT2D eigenvalue weighted by Gasteiger charge is -2.06. The number of rotatable bonds is 10. The topological polar surface area (TPSA) is 0 Å². The Bertz CT molecular complexity index is 1430. The highest BCUT2D eigenvalue weighted by atomic mass is 32.1. The highest BCUT2D eigenvalue weighted by Crippen LogP contribution is 2.36. The number of aryl methyl sites for hydroxylation is 2. The Balaban J connectivity index is 1.34.